The zero-order valence-corrected chi connectivity index (χ0v) is 14.1. The molecule has 3 N–H and O–H groups in total. The number of fused-ring (bicyclic) bond motifs is 3. The van der Waals surface area contributed by atoms with Crippen molar-refractivity contribution < 1.29 is 15.3 Å². The Balaban J connectivity index is 1.72. The Hall–Kier alpha value is -0.120. The fraction of sp³-hybridized carbons (Fsp3) is 1.00. The molecule has 4 saturated carbocycles. The van der Waals surface area contributed by atoms with Gasteiger partial charge in [0.2, 0.25) is 0 Å². The highest BCUT2D eigenvalue weighted by atomic mass is 16.3. The van der Waals surface area contributed by atoms with E-state index in [0.29, 0.717) is 11.8 Å². The van der Waals surface area contributed by atoms with Crippen LogP contribution in [0.2, 0.25) is 0 Å². The van der Waals surface area contributed by atoms with Crippen molar-refractivity contribution in [3.8, 4) is 0 Å². The van der Waals surface area contributed by atoms with Crippen molar-refractivity contribution in [1.82, 2.24) is 0 Å². The van der Waals surface area contributed by atoms with Crippen LogP contribution in [0.4, 0.5) is 0 Å². The van der Waals surface area contributed by atoms with Crippen LogP contribution in [0.25, 0.3) is 0 Å². The monoisotopic (exact) mass is 308 g/mol. The Morgan fingerprint density at radius 1 is 0.955 bits per heavy atom. The lowest BCUT2D eigenvalue weighted by Crippen LogP contribution is -2.58. The van der Waals surface area contributed by atoms with Gasteiger partial charge in [-0.15, -0.1) is 0 Å². The molecule has 0 aromatic heterocycles. The molecule has 4 aliphatic carbocycles. The lowest BCUT2D eigenvalue weighted by atomic mass is 9.43. The van der Waals surface area contributed by atoms with Crippen molar-refractivity contribution in [3.63, 3.8) is 0 Å². The van der Waals surface area contributed by atoms with E-state index in [2.05, 4.69) is 13.8 Å². The molecule has 4 aliphatic rings. The second-order valence-electron chi connectivity index (χ2n) is 9.64. The molecule has 22 heavy (non-hydrogen) atoms. The maximum Gasteiger partial charge on any atom is 0.0910 e. The van der Waals surface area contributed by atoms with Crippen LogP contribution in [-0.4, -0.2) is 33.1 Å². The van der Waals surface area contributed by atoms with E-state index in [1.807, 2.05) is 0 Å². The normalized spacial score (nSPS) is 60.7. The van der Waals surface area contributed by atoms with Crippen molar-refractivity contribution >= 4 is 0 Å². The summed E-state index contributed by atoms with van der Waals surface area (Å²) in [4.78, 5) is 0. The standard InChI is InChI=1S/C19H32O3/c1-16-7-3-8-17(2,21)14(16)6-9-18-10-13(4-5-15(16)18)19(22,11-18)12-20/h13-15,20-22H,3-12H2,1-2H3/t13-,14+,15-,16-,17-,18+,19-/m1/s1. The van der Waals surface area contributed by atoms with Gasteiger partial charge in [-0.2, -0.15) is 0 Å². The Morgan fingerprint density at radius 3 is 2.45 bits per heavy atom. The lowest BCUT2D eigenvalue weighted by molar-refractivity contribution is -0.180. The third-order valence-electron chi connectivity index (χ3n) is 8.56. The average Bonchev–Trinajstić information content (AvgIpc) is 2.65. The van der Waals surface area contributed by atoms with E-state index < -0.39 is 11.2 Å². The number of rotatable bonds is 1. The molecule has 2 bridgehead atoms. The van der Waals surface area contributed by atoms with E-state index in [1.54, 1.807) is 0 Å². The molecule has 0 aromatic carbocycles. The van der Waals surface area contributed by atoms with E-state index in [-0.39, 0.29) is 23.4 Å². The molecule has 4 rings (SSSR count). The summed E-state index contributed by atoms with van der Waals surface area (Å²) in [7, 11) is 0. The summed E-state index contributed by atoms with van der Waals surface area (Å²) in [5, 5.41) is 31.6. The van der Waals surface area contributed by atoms with Crippen LogP contribution in [0.15, 0.2) is 0 Å². The Labute approximate surface area is 134 Å². The zero-order chi connectivity index (χ0) is 15.8. The van der Waals surface area contributed by atoms with Crippen molar-refractivity contribution in [2.75, 3.05) is 6.61 Å². The Kier molecular flexibility index (Phi) is 3.14. The molecule has 0 unspecified atom stereocenters. The quantitative estimate of drug-likeness (QED) is 0.698. The molecule has 0 heterocycles. The first-order chi connectivity index (χ1) is 10.3. The SMILES string of the molecule is C[C@@]12CCC[C@@](C)(O)[C@H]1CC[C@@]13C[C@@H](CC[C@@H]12)[C@](O)(CO)C3. The molecular formula is C19H32O3. The molecule has 3 heteroatoms. The second kappa shape index (κ2) is 4.49. The predicted octanol–water partition coefficient (Wildman–Crippen LogP) is 2.87. The summed E-state index contributed by atoms with van der Waals surface area (Å²) in [6.45, 7) is 4.40. The minimum Gasteiger partial charge on any atom is -0.393 e. The van der Waals surface area contributed by atoms with E-state index in [0.717, 1.165) is 44.9 Å². The van der Waals surface area contributed by atoms with Crippen LogP contribution < -0.4 is 0 Å². The van der Waals surface area contributed by atoms with Gasteiger partial charge in [-0.3, -0.25) is 0 Å². The van der Waals surface area contributed by atoms with Crippen molar-refractivity contribution in [2.24, 2.45) is 28.6 Å². The summed E-state index contributed by atoms with van der Waals surface area (Å²) >= 11 is 0. The highest BCUT2D eigenvalue weighted by Gasteiger charge is 2.67. The van der Waals surface area contributed by atoms with E-state index in [1.165, 1.54) is 12.8 Å². The maximum atomic E-state index is 11.0. The molecule has 0 radical (unpaired) electrons. The first-order valence-electron chi connectivity index (χ1n) is 9.31. The molecule has 0 aliphatic heterocycles. The van der Waals surface area contributed by atoms with Gasteiger partial charge in [0, 0.05) is 0 Å². The van der Waals surface area contributed by atoms with E-state index in [4.69, 9.17) is 0 Å². The van der Waals surface area contributed by atoms with Gasteiger partial charge in [-0.05, 0) is 86.9 Å². The minimum atomic E-state index is -0.838. The molecule has 4 fully saturated rings. The topological polar surface area (TPSA) is 60.7 Å². The number of aliphatic hydroxyl groups excluding tert-OH is 1. The second-order valence-corrected chi connectivity index (χ2v) is 9.64. The summed E-state index contributed by atoms with van der Waals surface area (Å²) in [6, 6.07) is 0. The van der Waals surface area contributed by atoms with Gasteiger partial charge in [0.25, 0.3) is 0 Å². The van der Waals surface area contributed by atoms with Crippen molar-refractivity contribution in [2.45, 2.75) is 82.8 Å². The van der Waals surface area contributed by atoms with Crippen LogP contribution in [0.5, 0.6) is 0 Å². The first kappa shape index (κ1) is 15.4. The lowest BCUT2D eigenvalue weighted by Gasteiger charge is -2.63. The zero-order valence-electron chi connectivity index (χ0n) is 14.1. The van der Waals surface area contributed by atoms with Gasteiger partial charge in [0.05, 0.1) is 17.8 Å². The summed E-state index contributed by atoms with van der Waals surface area (Å²) in [5.74, 6) is 1.31. The molecule has 0 amide bonds. The fourth-order valence-corrected chi connectivity index (χ4v) is 7.77. The summed E-state index contributed by atoms with van der Waals surface area (Å²) < 4.78 is 0. The van der Waals surface area contributed by atoms with Gasteiger partial charge in [-0.1, -0.05) is 13.3 Å². The molecule has 0 saturated heterocycles. The van der Waals surface area contributed by atoms with E-state index in [9.17, 15) is 15.3 Å². The van der Waals surface area contributed by atoms with Crippen LogP contribution >= 0.6 is 0 Å². The number of aliphatic hydroxyl groups is 3. The van der Waals surface area contributed by atoms with Crippen molar-refractivity contribution in [1.29, 1.82) is 0 Å². The van der Waals surface area contributed by atoms with E-state index >= 15 is 0 Å². The smallest absolute Gasteiger partial charge is 0.0910 e. The molecule has 126 valence electrons. The fourth-order valence-electron chi connectivity index (χ4n) is 7.77. The number of hydrogen-bond acceptors (Lipinski definition) is 3. The Bertz CT molecular complexity index is 475. The first-order valence-corrected chi connectivity index (χ1v) is 9.31. The molecule has 1 spiro atoms. The van der Waals surface area contributed by atoms with Gasteiger partial charge in [0.15, 0.2) is 0 Å². The molecule has 0 aromatic rings. The van der Waals surface area contributed by atoms with Gasteiger partial charge < -0.3 is 15.3 Å². The van der Waals surface area contributed by atoms with Crippen molar-refractivity contribution in [3.05, 3.63) is 0 Å². The molecular weight excluding hydrogens is 276 g/mol. The third-order valence-corrected chi connectivity index (χ3v) is 8.56. The molecule has 7 atom stereocenters. The average molecular weight is 308 g/mol. The summed E-state index contributed by atoms with van der Waals surface area (Å²) in [5.41, 5.74) is -0.919. The van der Waals surface area contributed by atoms with Crippen LogP contribution in [0.3, 0.4) is 0 Å². The summed E-state index contributed by atoms with van der Waals surface area (Å²) in [6.07, 6.45) is 9.62. The predicted molar refractivity (Wildman–Crippen MR) is 85.2 cm³/mol. The van der Waals surface area contributed by atoms with Gasteiger partial charge >= 0.3 is 0 Å². The third kappa shape index (κ3) is 1.79. The number of hydrogen-bond donors (Lipinski definition) is 3. The highest BCUT2D eigenvalue weighted by molar-refractivity contribution is 5.17. The minimum absolute atomic E-state index is 0.0794. The Morgan fingerprint density at radius 2 is 1.73 bits per heavy atom. The van der Waals surface area contributed by atoms with Crippen LogP contribution in [-0.2, 0) is 0 Å². The maximum absolute atomic E-state index is 11.0. The largest absolute Gasteiger partial charge is 0.393 e. The van der Waals surface area contributed by atoms with Gasteiger partial charge in [-0.25, -0.2) is 0 Å². The highest BCUT2D eigenvalue weighted by Crippen LogP contribution is 2.71. The van der Waals surface area contributed by atoms with Crippen LogP contribution in [0.1, 0.15) is 71.6 Å². The van der Waals surface area contributed by atoms with Gasteiger partial charge in [0.1, 0.15) is 0 Å². The molecule has 3 nitrogen and oxygen atoms in total. The van der Waals surface area contributed by atoms with Crippen LogP contribution in [0, 0.1) is 28.6 Å².